The fraction of sp³-hybridized carbons (Fsp3) is 0.375. The zero-order chi connectivity index (χ0) is 21.8. The summed E-state index contributed by atoms with van der Waals surface area (Å²) in [6.07, 6.45) is 1.48. The number of nitrogens with one attached hydrogen (secondary N) is 2. The average Bonchev–Trinajstić information content (AvgIpc) is 3.56. The van der Waals surface area contributed by atoms with Gasteiger partial charge in [-0.1, -0.05) is 48.5 Å². The molecule has 2 aliphatic carbocycles. The fourth-order valence-corrected chi connectivity index (χ4v) is 4.16. The second kappa shape index (κ2) is 9.20. The monoisotopic (exact) mass is 422 g/mol. The van der Waals surface area contributed by atoms with Crippen LogP contribution in [0.1, 0.15) is 42.7 Å². The van der Waals surface area contributed by atoms with Gasteiger partial charge in [0.15, 0.2) is 0 Å². The van der Waals surface area contributed by atoms with E-state index in [-0.39, 0.29) is 37.3 Å². The highest BCUT2D eigenvalue weighted by Gasteiger charge is 2.38. The van der Waals surface area contributed by atoms with E-state index in [0.717, 1.165) is 35.1 Å². The third kappa shape index (κ3) is 4.87. The van der Waals surface area contributed by atoms with E-state index in [4.69, 9.17) is 9.84 Å². The van der Waals surface area contributed by atoms with Crippen LogP contribution in [0.5, 0.6) is 0 Å². The Morgan fingerprint density at radius 3 is 2.19 bits per heavy atom. The third-order valence-electron chi connectivity index (χ3n) is 5.86. The lowest BCUT2D eigenvalue weighted by molar-refractivity contribution is -0.137. The Hall–Kier alpha value is -3.35. The fourth-order valence-electron chi connectivity index (χ4n) is 4.16. The van der Waals surface area contributed by atoms with Gasteiger partial charge in [-0.3, -0.25) is 9.59 Å². The molecule has 0 aromatic heterocycles. The van der Waals surface area contributed by atoms with E-state index >= 15 is 0 Å². The summed E-state index contributed by atoms with van der Waals surface area (Å²) in [5.74, 6) is -1.13. The molecule has 2 aromatic carbocycles. The first-order chi connectivity index (χ1) is 15.0. The number of fused-ring (bicyclic) bond motifs is 3. The van der Waals surface area contributed by atoms with Crippen LogP contribution < -0.4 is 10.6 Å². The molecule has 1 fully saturated rings. The summed E-state index contributed by atoms with van der Waals surface area (Å²) < 4.78 is 5.55. The molecule has 0 heterocycles. The van der Waals surface area contributed by atoms with Crippen molar-refractivity contribution in [3.05, 3.63) is 59.7 Å². The van der Waals surface area contributed by atoms with Gasteiger partial charge in [0, 0.05) is 18.9 Å². The van der Waals surface area contributed by atoms with Gasteiger partial charge in [-0.05, 0) is 47.4 Å². The number of aliphatic carboxylic acids is 1. The number of carboxylic acid groups (broad SMARTS) is 1. The van der Waals surface area contributed by atoms with E-state index in [1.807, 2.05) is 24.3 Å². The van der Waals surface area contributed by atoms with E-state index in [1.165, 1.54) is 0 Å². The van der Waals surface area contributed by atoms with Crippen LogP contribution in [-0.2, 0) is 14.3 Å². The quantitative estimate of drug-likeness (QED) is 0.538. The van der Waals surface area contributed by atoms with E-state index in [2.05, 4.69) is 34.9 Å². The van der Waals surface area contributed by atoms with Crippen molar-refractivity contribution in [1.82, 2.24) is 10.6 Å². The van der Waals surface area contributed by atoms with Crippen molar-refractivity contribution in [2.45, 2.75) is 37.6 Å². The van der Waals surface area contributed by atoms with Crippen molar-refractivity contribution in [2.24, 2.45) is 5.92 Å². The Morgan fingerprint density at radius 1 is 1.00 bits per heavy atom. The molecule has 0 bridgehead atoms. The van der Waals surface area contributed by atoms with Crippen molar-refractivity contribution >= 4 is 18.0 Å². The molecule has 2 aromatic rings. The molecular formula is C24H26N2O5. The molecule has 7 heteroatoms. The normalized spacial score (nSPS) is 15.5. The summed E-state index contributed by atoms with van der Waals surface area (Å²) in [6, 6.07) is 15.6. The molecule has 162 valence electrons. The minimum Gasteiger partial charge on any atom is -0.481 e. The van der Waals surface area contributed by atoms with Crippen LogP contribution in [0.25, 0.3) is 11.1 Å². The van der Waals surface area contributed by atoms with E-state index < -0.39 is 18.1 Å². The highest BCUT2D eigenvalue weighted by Crippen LogP contribution is 2.44. The van der Waals surface area contributed by atoms with Crippen LogP contribution in [-0.4, -0.2) is 42.3 Å². The highest BCUT2D eigenvalue weighted by atomic mass is 16.5. The molecule has 1 saturated carbocycles. The number of benzene rings is 2. The Balaban J connectivity index is 1.34. The number of carbonyl (C=O) groups excluding carboxylic acids is 2. The van der Waals surface area contributed by atoms with Crippen LogP contribution in [0.15, 0.2) is 48.5 Å². The summed E-state index contributed by atoms with van der Waals surface area (Å²) >= 11 is 0. The van der Waals surface area contributed by atoms with Gasteiger partial charge < -0.3 is 20.5 Å². The van der Waals surface area contributed by atoms with Crippen molar-refractivity contribution in [3.8, 4) is 11.1 Å². The van der Waals surface area contributed by atoms with Gasteiger partial charge in [0.2, 0.25) is 5.91 Å². The smallest absolute Gasteiger partial charge is 0.407 e. The molecule has 0 radical (unpaired) electrons. The Kier molecular flexibility index (Phi) is 6.21. The Labute approximate surface area is 180 Å². The first-order valence-electron chi connectivity index (χ1n) is 10.7. The summed E-state index contributed by atoms with van der Waals surface area (Å²) in [5.41, 5.74) is 4.57. The van der Waals surface area contributed by atoms with Crippen molar-refractivity contribution < 1.29 is 24.2 Å². The topological polar surface area (TPSA) is 105 Å². The Bertz CT molecular complexity index is 940. The van der Waals surface area contributed by atoms with Crippen molar-refractivity contribution in [3.63, 3.8) is 0 Å². The molecule has 31 heavy (non-hydrogen) atoms. The number of hydrogen-bond acceptors (Lipinski definition) is 4. The average molecular weight is 422 g/mol. The number of ether oxygens (including phenoxy) is 1. The lowest BCUT2D eigenvalue weighted by Gasteiger charge is -2.19. The maximum Gasteiger partial charge on any atom is 0.407 e. The number of rotatable bonds is 9. The SMILES string of the molecule is O=C(O)CCCNC(=O)C(NC(=O)OCC1c2ccccc2-c2ccccc21)C1CC1. The summed E-state index contributed by atoms with van der Waals surface area (Å²) in [4.78, 5) is 35.6. The van der Waals surface area contributed by atoms with Gasteiger partial charge >= 0.3 is 12.1 Å². The minimum atomic E-state index is -0.898. The molecule has 0 spiro atoms. The van der Waals surface area contributed by atoms with E-state index in [9.17, 15) is 14.4 Å². The molecule has 0 aliphatic heterocycles. The molecule has 3 N–H and O–H groups in total. The predicted octanol–water partition coefficient (Wildman–Crippen LogP) is 3.28. The van der Waals surface area contributed by atoms with Gasteiger partial charge in [0.1, 0.15) is 12.6 Å². The van der Waals surface area contributed by atoms with Gasteiger partial charge in [-0.25, -0.2) is 4.79 Å². The molecule has 4 rings (SSSR count). The van der Waals surface area contributed by atoms with Crippen LogP contribution in [0.4, 0.5) is 4.79 Å². The Morgan fingerprint density at radius 2 is 1.61 bits per heavy atom. The van der Waals surface area contributed by atoms with Gasteiger partial charge in [0.25, 0.3) is 0 Å². The molecule has 2 aliphatic rings. The summed E-state index contributed by atoms with van der Waals surface area (Å²) in [7, 11) is 0. The largest absolute Gasteiger partial charge is 0.481 e. The van der Waals surface area contributed by atoms with Gasteiger partial charge in [-0.15, -0.1) is 0 Å². The molecule has 0 saturated heterocycles. The number of amides is 2. The van der Waals surface area contributed by atoms with Gasteiger partial charge in [-0.2, -0.15) is 0 Å². The first-order valence-corrected chi connectivity index (χ1v) is 10.7. The molecule has 1 unspecified atom stereocenters. The molecular weight excluding hydrogens is 396 g/mol. The highest BCUT2D eigenvalue weighted by molar-refractivity contribution is 5.86. The standard InChI is InChI=1S/C24H26N2O5/c27-21(28)10-5-13-25-23(29)22(15-11-12-15)26-24(30)31-14-20-18-8-3-1-6-16(18)17-7-2-4-9-19(17)20/h1-4,6-9,15,20,22H,5,10-14H2,(H,25,29)(H,26,30)(H,27,28). The zero-order valence-corrected chi connectivity index (χ0v) is 17.2. The van der Waals surface area contributed by atoms with Crippen LogP contribution in [0.3, 0.4) is 0 Å². The second-order valence-electron chi connectivity index (χ2n) is 8.07. The summed E-state index contributed by atoms with van der Waals surface area (Å²) in [6.45, 7) is 0.457. The van der Waals surface area contributed by atoms with Gasteiger partial charge in [0.05, 0.1) is 0 Å². The molecule has 2 amide bonds. The number of carboxylic acids is 1. The lowest BCUT2D eigenvalue weighted by Crippen LogP contribution is -2.48. The van der Waals surface area contributed by atoms with Crippen LogP contribution in [0.2, 0.25) is 0 Å². The number of carbonyl (C=O) groups is 3. The van der Waals surface area contributed by atoms with Crippen LogP contribution in [0, 0.1) is 5.92 Å². The number of alkyl carbamates (subject to hydrolysis) is 1. The minimum absolute atomic E-state index is 0.00577. The van der Waals surface area contributed by atoms with Crippen molar-refractivity contribution in [2.75, 3.05) is 13.2 Å². The molecule has 7 nitrogen and oxygen atoms in total. The predicted molar refractivity (Wildman–Crippen MR) is 115 cm³/mol. The zero-order valence-electron chi connectivity index (χ0n) is 17.2. The van der Waals surface area contributed by atoms with Crippen molar-refractivity contribution in [1.29, 1.82) is 0 Å². The molecule has 1 atom stereocenters. The third-order valence-corrected chi connectivity index (χ3v) is 5.86. The second-order valence-corrected chi connectivity index (χ2v) is 8.07. The van der Waals surface area contributed by atoms with Crippen LogP contribution >= 0.6 is 0 Å². The maximum absolute atomic E-state index is 12.5. The lowest BCUT2D eigenvalue weighted by atomic mass is 9.98. The van der Waals surface area contributed by atoms with E-state index in [1.54, 1.807) is 0 Å². The first kappa shape index (κ1) is 20.9. The van der Waals surface area contributed by atoms with E-state index in [0.29, 0.717) is 6.42 Å². The number of hydrogen-bond donors (Lipinski definition) is 3. The summed E-state index contributed by atoms with van der Waals surface area (Å²) in [5, 5.41) is 14.1. The maximum atomic E-state index is 12.5.